The lowest BCUT2D eigenvalue weighted by atomic mass is 10.2. The lowest BCUT2D eigenvalue weighted by molar-refractivity contribution is -0.385. The van der Waals surface area contributed by atoms with E-state index < -0.39 is 4.92 Å². The molecule has 0 saturated heterocycles. The summed E-state index contributed by atoms with van der Waals surface area (Å²) in [5.41, 5.74) is 1.36. The molecule has 3 rings (SSSR count). The zero-order valence-electron chi connectivity index (χ0n) is 11.1. The second kappa shape index (κ2) is 5.17. The van der Waals surface area contributed by atoms with E-state index in [0.29, 0.717) is 16.7 Å². The first-order valence-corrected chi connectivity index (χ1v) is 6.24. The molecule has 22 heavy (non-hydrogen) atoms. The highest BCUT2D eigenvalue weighted by molar-refractivity contribution is 5.87. The van der Waals surface area contributed by atoms with E-state index in [1.165, 1.54) is 12.3 Å². The fourth-order valence-corrected chi connectivity index (χ4v) is 2.00. The molecule has 1 aromatic heterocycles. The van der Waals surface area contributed by atoms with Gasteiger partial charge in [-0.05, 0) is 23.8 Å². The van der Waals surface area contributed by atoms with Crippen LogP contribution in [0.5, 0.6) is 5.75 Å². The van der Waals surface area contributed by atoms with E-state index in [1.54, 1.807) is 18.2 Å². The molecule has 8 nitrogen and oxygen atoms in total. The molecule has 1 heterocycles. The van der Waals surface area contributed by atoms with Crippen LogP contribution < -0.4 is 10.8 Å². The number of H-pyrrole nitrogens is 2. The van der Waals surface area contributed by atoms with Crippen LogP contribution >= 0.6 is 0 Å². The summed E-state index contributed by atoms with van der Waals surface area (Å²) in [6, 6.07) is 8.41. The smallest absolute Gasteiger partial charge is 0.323 e. The van der Waals surface area contributed by atoms with Crippen molar-refractivity contribution < 1.29 is 10.0 Å². The summed E-state index contributed by atoms with van der Waals surface area (Å²) in [7, 11) is 0. The van der Waals surface area contributed by atoms with Gasteiger partial charge in [-0.1, -0.05) is 11.8 Å². The normalized spacial score (nSPS) is 11.3. The van der Waals surface area contributed by atoms with Gasteiger partial charge in [-0.2, -0.15) is 0 Å². The fourth-order valence-electron chi connectivity index (χ4n) is 2.00. The van der Waals surface area contributed by atoms with Crippen molar-refractivity contribution >= 4 is 28.6 Å². The fraction of sp³-hybridized carbons (Fsp3) is 0. The molecule has 0 saturated carbocycles. The molecule has 0 unspecified atom stereocenters. The summed E-state index contributed by atoms with van der Waals surface area (Å²) in [5.74, 6) is -0.356. The Kier molecular flexibility index (Phi) is 3.18. The first kappa shape index (κ1) is 13.6. The number of aromatic amines is 2. The van der Waals surface area contributed by atoms with Crippen LogP contribution in [0.2, 0.25) is 0 Å². The van der Waals surface area contributed by atoms with Crippen molar-refractivity contribution in [2.45, 2.75) is 0 Å². The predicted molar refractivity (Wildman–Crippen MR) is 78.7 cm³/mol. The van der Waals surface area contributed by atoms with Gasteiger partial charge in [0.15, 0.2) is 0 Å². The SMILES string of the molecule is O=c1[nH]c2ccc(N=Cc3cc([N+](=O)[O-])ccc3[O-])cc2[nH]1. The molecule has 110 valence electrons. The van der Waals surface area contributed by atoms with Crippen molar-refractivity contribution in [3.63, 3.8) is 0 Å². The highest BCUT2D eigenvalue weighted by Gasteiger charge is 2.05. The van der Waals surface area contributed by atoms with Crippen molar-refractivity contribution in [2.75, 3.05) is 0 Å². The number of nitro benzene ring substituents is 1. The zero-order chi connectivity index (χ0) is 15.7. The third kappa shape index (κ3) is 2.57. The van der Waals surface area contributed by atoms with Gasteiger partial charge in [-0.15, -0.1) is 0 Å². The number of non-ortho nitro benzene ring substituents is 1. The number of nitrogens with one attached hydrogen (secondary N) is 2. The molecular formula is C14H9N4O4-. The van der Waals surface area contributed by atoms with Crippen LogP contribution in [0, 0.1) is 10.1 Å². The van der Waals surface area contributed by atoms with Crippen LogP contribution in [-0.2, 0) is 0 Å². The number of nitro groups is 1. The van der Waals surface area contributed by atoms with E-state index in [-0.39, 0.29) is 22.7 Å². The molecule has 0 radical (unpaired) electrons. The van der Waals surface area contributed by atoms with Crippen molar-refractivity contribution in [3.05, 3.63) is 62.6 Å². The number of aliphatic imine (C=N–C) groups is 1. The van der Waals surface area contributed by atoms with E-state index in [2.05, 4.69) is 15.0 Å². The summed E-state index contributed by atoms with van der Waals surface area (Å²) >= 11 is 0. The molecule has 8 heteroatoms. The summed E-state index contributed by atoms with van der Waals surface area (Å²) in [6.45, 7) is 0. The number of imidazole rings is 1. The van der Waals surface area contributed by atoms with Crippen molar-refractivity contribution in [1.82, 2.24) is 9.97 Å². The number of rotatable bonds is 3. The topological polar surface area (TPSA) is 127 Å². The van der Waals surface area contributed by atoms with Crippen LogP contribution in [0.25, 0.3) is 11.0 Å². The van der Waals surface area contributed by atoms with Crippen molar-refractivity contribution in [2.24, 2.45) is 4.99 Å². The maximum absolute atomic E-state index is 11.7. The Morgan fingerprint density at radius 3 is 2.64 bits per heavy atom. The monoisotopic (exact) mass is 297 g/mol. The highest BCUT2D eigenvalue weighted by Crippen LogP contribution is 2.21. The number of nitrogens with zero attached hydrogens (tertiary/aromatic N) is 2. The molecule has 2 aromatic carbocycles. The summed E-state index contributed by atoms with van der Waals surface area (Å²) in [6.07, 6.45) is 1.27. The first-order valence-electron chi connectivity index (χ1n) is 6.24. The van der Waals surface area contributed by atoms with Gasteiger partial charge >= 0.3 is 5.69 Å². The number of aromatic nitrogens is 2. The van der Waals surface area contributed by atoms with Gasteiger partial charge in [0.1, 0.15) is 0 Å². The molecule has 0 aliphatic rings. The Morgan fingerprint density at radius 1 is 1.09 bits per heavy atom. The molecule has 0 fully saturated rings. The minimum Gasteiger partial charge on any atom is -0.872 e. The van der Waals surface area contributed by atoms with Crippen LogP contribution in [0.4, 0.5) is 11.4 Å². The molecule has 3 aromatic rings. The Balaban J connectivity index is 1.96. The van der Waals surface area contributed by atoms with Gasteiger partial charge in [0.05, 0.1) is 21.6 Å². The Bertz CT molecular complexity index is 955. The number of benzene rings is 2. The molecule has 0 aliphatic heterocycles. The lowest BCUT2D eigenvalue weighted by Gasteiger charge is -2.08. The largest absolute Gasteiger partial charge is 0.872 e. The maximum atomic E-state index is 11.7. The third-order valence-corrected chi connectivity index (χ3v) is 3.06. The quantitative estimate of drug-likeness (QED) is 0.432. The van der Waals surface area contributed by atoms with E-state index in [1.807, 2.05) is 0 Å². The Morgan fingerprint density at radius 2 is 1.86 bits per heavy atom. The number of hydrogen-bond donors (Lipinski definition) is 2. The summed E-state index contributed by atoms with van der Waals surface area (Å²) in [4.78, 5) is 30.6. The van der Waals surface area contributed by atoms with Gasteiger partial charge in [-0.3, -0.25) is 15.1 Å². The van der Waals surface area contributed by atoms with Crippen LogP contribution in [-0.4, -0.2) is 21.1 Å². The second-order valence-electron chi connectivity index (χ2n) is 4.55. The summed E-state index contributed by atoms with van der Waals surface area (Å²) < 4.78 is 0. The molecule has 0 atom stereocenters. The second-order valence-corrected chi connectivity index (χ2v) is 4.55. The molecule has 0 spiro atoms. The Labute approximate surface area is 122 Å². The minimum absolute atomic E-state index is 0.122. The zero-order valence-corrected chi connectivity index (χ0v) is 11.1. The van der Waals surface area contributed by atoms with E-state index >= 15 is 0 Å². The van der Waals surface area contributed by atoms with Crippen LogP contribution in [0.1, 0.15) is 5.56 Å². The van der Waals surface area contributed by atoms with Crippen molar-refractivity contribution in [3.8, 4) is 5.75 Å². The molecular weight excluding hydrogens is 288 g/mol. The molecule has 0 bridgehead atoms. The molecule has 0 aliphatic carbocycles. The first-order chi connectivity index (χ1) is 10.5. The van der Waals surface area contributed by atoms with Crippen LogP contribution in [0.3, 0.4) is 0 Å². The predicted octanol–water partition coefficient (Wildman–Crippen LogP) is 1.59. The average molecular weight is 297 g/mol. The van der Waals surface area contributed by atoms with E-state index in [0.717, 1.165) is 12.1 Å². The van der Waals surface area contributed by atoms with Gasteiger partial charge < -0.3 is 15.1 Å². The molecule has 2 N–H and O–H groups in total. The Hall–Kier alpha value is -3.42. The molecule has 0 amide bonds. The van der Waals surface area contributed by atoms with Crippen molar-refractivity contribution in [1.29, 1.82) is 0 Å². The van der Waals surface area contributed by atoms with E-state index in [9.17, 15) is 20.0 Å². The van der Waals surface area contributed by atoms with Crippen LogP contribution in [0.15, 0.2) is 46.2 Å². The van der Waals surface area contributed by atoms with Gasteiger partial charge in [0, 0.05) is 18.3 Å². The number of fused-ring (bicyclic) bond motifs is 1. The minimum atomic E-state index is -0.576. The van der Waals surface area contributed by atoms with Gasteiger partial charge in [0.2, 0.25) is 0 Å². The lowest BCUT2D eigenvalue weighted by Crippen LogP contribution is -1.99. The summed E-state index contributed by atoms with van der Waals surface area (Å²) in [5, 5.41) is 22.4. The standard InChI is InChI=1S/C14H10N4O4/c19-13-4-2-10(18(21)22)5-8(13)7-15-9-1-3-11-12(6-9)17-14(20)16-11/h1-7,19H,(H2,16,17,20)/p-1. The maximum Gasteiger partial charge on any atom is 0.323 e. The van der Waals surface area contributed by atoms with Gasteiger partial charge in [-0.25, -0.2) is 4.79 Å². The highest BCUT2D eigenvalue weighted by atomic mass is 16.6. The van der Waals surface area contributed by atoms with E-state index in [4.69, 9.17) is 0 Å². The average Bonchev–Trinajstić information content (AvgIpc) is 2.85. The third-order valence-electron chi connectivity index (χ3n) is 3.06. The number of hydrogen-bond acceptors (Lipinski definition) is 5. The van der Waals surface area contributed by atoms with Gasteiger partial charge in [0.25, 0.3) is 5.69 Å².